The molecule has 2 N–H and O–H groups in total. The summed E-state index contributed by atoms with van der Waals surface area (Å²) in [4.78, 5) is 42.3. The minimum absolute atomic E-state index is 0.196. The molecule has 0 aromatic rings. The Morgan fingerprint density at radius 2 is 1.07 bits per heavy atom. The Hall–Kier alpha value is -1.47. The molecule has 0 radical (unpaired) electrons. The van der Waals surface area contributed by atoms with Crippen molar-refractivity contribution in [2.45, 2.75) is 155 Å². The highest BCUT2D eigenvalue weighted by atomic mass is 31.2. The van der Waals surface area contributed by atoms with Gasteiger partial charge in [-0.1, -0.05) is 122 Å². The first-order valence-electron chi connectivity index (χ1n) is 16.1. The van der Waals surface area contributed by atoms with Gasteiger partial charge in [0.25, 0.3) is 0 Å². The van der Waals surface area contributed by atoms with E-state index in [1.165, 1.54) is 57.8 Å². The minimum Gasteiger partial charge on any atom is -0.462 e. The van der Waals surface area contributed by atoms with E-state index >= 15 is 0 Å². The van der Waals surface area contributed by atoms with Crippen LogP contribution in [0, 0.1) is 0 Å². The van der Waals surface area contributed by atoms with Gasteiger partial charge in [-0.2, -0.15) is 0 Å². The molecule has 0 fully saturated rings. The number of phosphoric acid groups is 1. The molecule has 1 atom stereocenters. The van der Waals surface area contributed by atoms with Crippen LogP contribution in [0.15, 0.2) is 24.3 Å². The lowest BCUT2D eigenvalue weighted by Crippen LogP contribution is -2.29. The van der Waals surface area contributed by atoms with Gasteiger partial charge < -0.3 is 19.3 Å². The van der Waals surface area contributed by atoms with E-state index in [1.807, 2.05) is 0 Å². The summed E-state index contributed by atoms with van der Waals surface area (Å²) in [6.45, 7) is 3.58. The van der Waals surface area contributed by atoms with Crippen LogP contribution in [0.3, 0.4) is 0 Å². The third kappa shape index (κ3) is 31.3. The molecule has 0 heterocycles. The molecular formula is C32H59O8P. The molecule has 0 bridgehead atoms. The van der Waals surface area contributed by atoms with E-state index in [-0.39, 0.29) is 19.4 Å². The number of ether oxygens (including phenoxy) is 2. The summed E-state index contributed by atoms with van der Waals surface area (Å²) in [7, 11) is -4.74. The van der Waals surface area contributed by atoms with E-state index < -0.39 is 32.5 Å². The molecule has 9 heteroatoms. The lowest BCUT2D eigenvalue weighted by atomic mass is 10.1. The van der Waals surface area contributed by atoms with Gasteiger partial charge >= 0.3 is 19.8 Å². The van der Waals surface area contributed by atoms with Crippen molar-refractivity contribution < 1.29 is 37.9 Å². The summed E-state index contributed by atoms with van der Waals surface area (Å²) in [6.07, 6.45) is 29.1. The van der Waals surface area contributed by atoms with Crippen molar-refractivity contribution in [1.82, 2.24) is 0 Å². The molecule has 0 aromatic heterocycles. The summed E-state index contributed by atoms with van der Waals surface area (Å²) in [5.74, 6) is -0.908. The van der Waals surface area contributed by atoms with Crippen LogP contribution in [-0.4, -0.2) is 41.0 Å². The second-order valence-corrected chi connectivity index (χ2v) is 12.1. The largest absolute Gasteiger partial charge is 0.469 e. The minimum atomic E-state index is -4.74. The SMILES string of the molecule is CCCCCC/C=C/C=C/CCCCCCCC(=O)O[C@H](COC(=O)CCCCCCCCCC)COP(=O)(O)O. The monoisotopic (exact) mass is 602 g/mol. The van der Waals surface area contributed by atoms with E-state index in [9.17, 15) is 14.2 Å². The van der Waals surface area contributed by atoms with Crippen LogP contribution in [0.2, 0.25) is 0 Å². The van der Waals surface area contributed by atoms with Gasteiger partial charge in [-0.3, -0.25) is 14.1 Å². The van der Waals surface area contributed by atoms with Gasteiger partial charge in [0.1, 0.15) is 6.61 Å². The summed E-state index contributed by atoms with van der Waals surface area (Å²) in [6, 6.07) is 0. The quantitative estimate of drug-likeness (QED) is 0.0377. The molecule has 0 rings (SSSR count). The molecule has 0 saturated heterocycles. The molecule has 8 nitrogen and oxygen atoms in total. The molecule has 0 aliphatic rings. The van der Waals surface area contributed by atoms with E-state index in [0.29, 0.717) is 6.42 Å². The van der Waals surface area contributed by atoms with E-state index in [0.717, 1.165) is 57.8 Å². The summed E-state index contributed by atoms with van der Waals surface area (Å²) < 4.78 is 26.1. The lowest BCUT2D eigenvalue weighted by molar-refractivity contribution is -0.161. The maximum atomic E-state index is 12.3. The van der Waals surface area contributed by atoms with Crippen LogP contribution < -0.4 is 0 Å². The van der Waals surface area contributed by atoms with Crippen molar-refractivity contribution in [2.75, 3.05) is 13.2 Å². The summed E-state index contributed by atoms with van der Waals surface area (Å²) in [5.41, 5.74) is 0. The van der Waals surface area contributed by atoms with Crippen LogP contribution >= 0.6 is 7.82 Å². The molecule has 0 saturated carbocycles. The zero-order valence-corrected chi connectivity index (χ0v) is 26.8. The molecule has 0 aliphatic carbocycles. The van der Waals surface area contributed by atoms with E-state index in [1.54, 1.807) is 0 Å². The van der Waals surface area contributed by atoms with Gasteiger partial charge in [0, 0.05) is 12.8 Å². The van der Waals surface area contributed by atoms with Crippen molar-refractivity contribution in [2.24, 2.45) is 0 Å². The number of esters is 2. The third-order valence-electron chi connectivity index (χ3n) is 6.75. The number of hydrogen-bond acceptors (Lipinski definition) is 6. The third-order valence-corrected chi connectivity index (χ3v) is 7.24. The van der Waals surface area contributed by atoms with Crippen LogP contribution in [-0.2, 0) is 28.2 Å². The zero-order chi connectivity index (χ0) is 30.4. The molecule has 0 unspecified atom stereocenters. The predicted molar refractivity (Wildman–Crippen MR) is 165 cm³/mol. The van der Waals surface area contributed by atoms with Gasteiger partial charge in [-0.05, 0) is 38.5 Å². The van der Waals surface area contributed by atoms with Crippen LogP contribution in [0.25, 0.3) is 0 Å². The van der Waals surface area contributed by atoms with E-state index in [4.69, 9.17) is 19.3 Å². The number of phosphoric ester groups is 1. The molecule has 41 heavy (non-hydrogen) atoms. The number of rotatable bonds is 29. The molecule has 0 amide bonds. The first-order valence-corrected chi connectivity index (χ1v) is 17.7. The molecular weight excluding hydrogens is 543 g/mol. The fraction of sp³-hybridized carbons (Fsp3) is 0.812. The smallest absolute Gasteiger partial charge is 0.462 e. The van der Waals surface area contributed by atoms with Crippen molar-refractivity contribution in [3.8, 4) is 0 Å². The standard InChI is InChI=1S/C32H59O8P/c1-3-5-7-9-11-13-14-15-16-17-18-19-21-23-25-27-32(34)40-30(29-39-41(35,36)37)28-38-31(33)26-24-22-20-12-10-8-6-4-2/h13-16,30H,3-12,17-29H2,1-2H3,(H2,35,36,37)/b14-13+,16-15+/t30-/m1/s1. The molecule has 0 spiro atoms. The lowest BCUT2D eigenvalue weighted by Gasteiger charge is -2.18. The van der Waals surface area contributed by atoms with Crippen molar-refractivity contribution in [3.05, 3.63) is 24.3 Å². The Balaban J connectivity index is 4.05. The predicted octanol–water partition coefficient (Wildman–Crippen LogP) is 8.90. The Morgan fingerprint density at radius 3 is 1.59 bits per heavy atom. The highest BCUT2D eigenvalue weighted by molar-refractivity contribution is 7.46. The molecule has 240 valence electrons. The first-order chi connectivity index (χ1) is 19.8. The van der Waals surface area contributed by atoms with Gasteiger partial charge in [-0.25, -0.2) is 4.57 Å². The normalized spacial score (nSPS) is 12.8. The van der Waals surface area contributed by atoms with Crippen molar-refractivity contribution in [3.63, 3.8) is 0 Å². The van der Waals surface area contributed by atoms with Gasteiger partial charge in [-0.15, -0.1) is 0 Å². The first kappa shape index (κ1) is 39.5. The highest BCUT2D eigenvalue weighted by Crippen LogP contribution is 2.35. The van der Waals surface area contributed by atoms with Gasteiger partial charge in [0.2, 0.25) is 0 Å². The number of allylic oxidation sites excluding steroid dienone is 4. The number of carbonyl (C=O) groups excluding carboxylic acids is 2. The molecule has 0 aliphatic heterocycles. The number of carbonyl (C=O) groups is 2. The fourth-order valence-electron chi connectivity index (χ4n) is 4.30. The topological polar surface area (TPSA) is 119 Å². The van der Waals surface area contributed by atoms with Crippen molar-refractivity contribution >= 4 is 19.8 Å². The van der Waals surface area contributed by atoms with Crippen molar-refractivity contribution in [1.29, 1.82) is 0 Å². The molecule has 0 aromatic carbocycles. The number of hydrogen-bond donors (Lipinski definition) is 2. The van der Waals surface area contributed by atoms with Crippen LogP contribution in [0.1, 0.15) is 149 Å². The zero-order valence-electron chi connectivity index (χ0n) is 25.9. The average molecular weight is 603 g/mol. The summed E-state index contributed by atoms with van der Waals surface area (Å²) in [5, 5.41) is 0. The second kappa shape index (κ2) is 28.6. The Labute approximate surface area is 249 Å². The number of unbranched alkanes of at least 4 members (excludes halogenated alkanes) is 16. The van der Waals surface area contributed by atoms with Crippen LogP contribution in [0.5, 0.6) is 0 Å². The van der Waals surface area contributed by atoms with Crippen LogP contribution in [0.4, 0.5) is 0 Å². The van der Waals surface area contributed by atoms with E-state index in [2.05, 4.69) is 42.7 Å². The Kier molecular flexibility index (Phi) is 27.6. The second-order valence-electron chi connectivity index (χ2n) is 10.8. The van der Waals surface area contributed by atoms with Gasteiger partial charge in [0.15, 0.2) is 6.10 Å². The maximum absolute atomic E-state index is 12.3. The summed E-state index contributed by atoms with van der Waals surface area (Å²) >= 11 is 0. The Bertz CT molecular complexity index is 731. The average Bonchev–Trinajstić information content (AvgIpc) is 2.93. The van der Waals surface area contributed by atoms with Gasteiger partial charge in [0.05, 0.1) is 6.61 Å². The highest BCUT2D eigenvalue weighted by Gasteiger charge is 2.22. The Morgan fingerprint density at radius 1 is 0.634 bits per heavy atom. The maximum Gasteiger partial charge on any atom is 0.469 e. The fourth-order valence-corrected chi connectivity index (χ4v) is 4.66.